The zero-order valence-electron chi connectivity index (χ0n) is 14.6. The number of aromatic amines is 1. The van der Waals surface area contributed by atoms with Crippen LogP contribution in [0.4, 0.5) is 0 Å². The summed E-state index contributed by atoms with van der Waals surface area (Å²) in [6.45, 7) is 7.82. The van der Waals surface area contributed by atoms with Crippen LogP contribution in [0.2, 0.25) is 0 Å². The second-order valence-electron chi connectivity index (χ2n) is 6.31. The van der Waals surface area contributed by atoms with Gasteiger partial charge in [-0.3, -0.25) is 9.59 Å². The molecule has 0 fully saturated rings. The van der Waals surface area contributed by atoms with Crippen LogP contribution in [0, 0.1) is 5.41 Å². The van der Waals surface area contributed by atoms with E-state index in [-0.39, 0.29) is 25.6 Å². The van der Waals surface area contributed by atoms with Crippen molar-refractivity contribution in [2.75, 3.05) is 13.2 Å². The third kappa shape index (κ3) is 2.73. The molecule has 1 aromatic heterocycles. The lowest BCUT2D eigenvalue weighted by Crippen LogP contribution is -2.47. The van der Waals surface area contributed by atoms with Gasteiger partial charge < -0.3 is 14.5 Å². The van der Waals surface area contributed by atoms with Crippen molar-refractivity contribution in [2.45, 2.75) is 32.6 Å². The molecule has 5 nitrogen and oxygen atoms in total. The number of esters is 2. The molecule has 1 aliphatic rings. The predicted octanol–water partition coefficient (Wildman–Crippen LogP) is 3.50. The number of aromatic nitrogens is 1. The van der Waals surface area contributed by atoms with Gasteiger partial charge in [0.25, 0.3) is 0 Å². The van der Waals surface area contributed by atoms with Gasteiger partial charge in [0.2, 0.25) is 0 Å². The van der Waals surface area contributed by atoms with E-state index < -0.39 is 17.4 Å². The molecule has 2 aromatic rings. The van der Waals surface area contributed by atoms with Crippen LogP contribution in [0.3, 0.4) is 0 Å². The number of ether oxygens (including phenoxy) is 2. The number of allylic oxidation sites excluding steroid dienone is 1. The third-order valence-electron chi connectivity index (χ3n) is 4.88. The molecule has 1 N–H and O–H groups in total. The predicted molar refractivity (Wildman–Crippen MR) is 95.3 cm³/mol. The molecule has 0 radical (unpaired) electrons. The van der Waals surface area contributed by atoms with Crippen molar-refractivity contribution in [2.24, 2.45) is 5.41 Å². The fourth-order valence-electron chi connectivity index (χ4n) is 3.71. The van der Waals surface area contributed by atoms with Crippen molar-refractivity contribution in [3.63, 3.8) is 0 Å². The fraction of sp³-hybridized carbons (Fsp3) is 0.400. The number of H-pyrrole nitrogens is 1. The summed E-state index contributed by atoms with van der Waals surface area (Å²) in [5, 5.41) is 1.02. The average molecular weight is 341 g/mol. The van der Waals surface area contributed by atoms with Crippen molar-refractivity contribution in [1.82, 2.24) is 4.98 Å². The summed E-state index contributed by atoms with van der Waals surface area (Å²) in [6.07, 6.45) is 2.35. The van der Waals surface area contributed by atoms with Crippen molar-refractivity contribution in [3.8, 4) is 0 Å². The van der Waals surface area contributed by atoms with E-state index in [1.807, 2.05) is 24.3 Å². The van der Waals surface area contributed by atoms with Gasteiger partial charge in [-0.2, -0.15) is 0 Å². The number of nitrogens with one attached hydrogen (secondary N) is 1. The number of rotatable bonds is 5. The van der Waals surface area contributed by atoms with Crippen LogP contribution in [-0.4, -0.2) is 30.1 Å². The first kappa shape index (κ1) is 17.3. The van der Waals surface area contributed by atoms with Crippen molar-refractivity contribution in [1.29, 1.82) is 0 Å². The fourth-order valence-corrected chi connectivity index (χ4v) is 3.71. The van der Waals surface area contributed by atoms with Crippen LogP contribution < -0.4 is 0 Å². The Hall–Kier alpha value is -2.56. The maximum absolute atomic E-state index is 12.8. The van der Waals surface area contributed by atoms with Crippen molar-refractivity contribution >= 4 is 22.8 Å². The molecule has 0 spiro atoms. The number of fused-ring (bicyclic) bond motifs is 3. The van der Waals surface area contributed by atoms with Gasteiger partial charge in [-0.15, -0.1) is 6.58 Å². The summed E-state index contributed by atoms with van der Waals surface area (Å²) in [5.41, 5.74) is 1.64. The minimum atomic E-state index is -1.33. The quantitative estimate of drug-likeness (QED) is 0.513. The zero-order valence-corrected chi connectivity index (χ0v) is 14.6. The smallest absolute Gasteiger partial charge is 0.323 e. The monoisotopic (exact) mass is 341 g/mol. The van der Waals surface area contributed by atoms with E-state index in [1.54, 1.807) is 19.9 Å². The highest BCUT2D eigenvalue weighted by Gasteiger charge is 2.53. The molecule has 1 unspecified atom stereocenters. The van der Waals surface area contributed by atoms with Gasteiger partial charge in [0.15, 0.2) is 5.41 Å². The van der Waals surface area contributed by atoms with E-state index >= 15 is 0 Å². The molecule has 0 saturated heterocycles. The lowest BCUT2D eigenvalue weighted by Gasteiger charge is -2.35. The number of carbonyl (C=O) groups excluding carboxylic acids is 2. The highest BCUT2D eigenvalue weighted by atomic mass is 16.6. The van der Waals surface area contributed by atoms with Crippen LogP contribution in [0.25, 0.3) is 10.9 Å². The summed E-state index contributed by atoms with van der Waals surface area (Å²) in [6, 6.07) is 7.89. The van der Waals surface area contributed by atoms with Crippen LogP contribution in [0.15, 0.2) is 36.9 Å². The molecule has 0 aliphatic heterocycles. The Balaban J connectivity index is 2.16. The summed E-state index contributed by atoms with van der Waals surface area (Å²) < 4.78 is 10.5. The van der Waals surface area contributed by atoms with Crippen molar-refractivity contribution in [3.05, 3.63) is 48.2 Å². The van der Waals surface area contributed by atoms with E-state index in [2.05, 4.69) is 11.6 Å². The largest absolute Gasteiger partial charge is 0.465 e. The minimum absolute atomic E-state index is 0.148. The number of hydrogen-bond donors (Lipinski definition) is 1. The van der Waals surface area contributed by atoms with Crippen LogP contribution >= 0.6 is 0 Å². The molecule has 132 valence electrons. The normalized spacial score (nSPS) is 18.4. The lowest BCUT2D eigenvalue weighted by atomic mass is 9.68. The Kier molecular flexibility index (Phi) is 4.66. The van der Waals surface area contributed by atoms with Gasteiger partial charge in [-0.05, 0) is 31.9 Å². The third-order valence-corrected chi connectivity index (χ3v) is 4.88. The standard InChI is InChI=1S/C20H23NO4/c1-4-13-11-20(18(22)24-5-2,19(23)25-6-3)12-15-14-9-7-8-10-16(14)21-17(13)15/h4,7-10,13,21H,1,5-6,11-12H2,2-3H3. The maximum atomic E-state index is 12.8. The molecule has 0 amide bonds. The van der Waals surface area contributed by atoms with Crippen LogP contribution in [0.1, 0.15) is 37.4 Å². The number of para-hydroxylation sites is 1. The van der Waals surface area contributed by atoms with E-state index in [9.17, 15) is 9.59 Å². The van der Waals surface area contributed by atoms with E-state index in [4.69, 9.17) is 9.47 Å². The van der Waals surface area contributed by atoms with Gasteiger partial charge in [0, 0.05) is 28.9 Å². The molecule has 1 aromatic carbocycles. The van der Waals surface area contributed by atoms with Gasteiger partial charge in [-0.25, -0.2) is 0 Å². The first-order chi connectivity index (χ1) is 12.1. The second kappa shape index (κ2) is 6.75. The summed E-state index contributed by atoms with van der Waals surface area (Å²) in [7, 11) is 0. The number of carbonyl (C=O) groups is 2. The zero-order chi connectivity index (χ0) is 18.0. The van der Waals surface area contributed by atoms with E-state index in [0.717, 1.165) is 22.2 Å². The number of hydrogen-bond acceptors (Lipinski definition) is 4. The summed E-state index contributed by atoms with van der Waals surface area (Å²) >= 11 is 0. The molecule has 25 heavy (non-hydrogen) atoms. The van der Waals surface area contributed by atoms with Crippen LogP contribution in [0.5, 0.6) is 0 Å². The Bertz CT molecular complexity index is 802. The lowest BCUT2D eigenvalue weighted by molar-refractivity contribution is -0.173. The molecular weight excluding hydrogens is 318 g/mol. The highest BCUT2D eigenvalue weighted by molar-refractivity contribution is 6.02. The van der Waals surface area contributed by atoms with Gasteiger partial charge in [0.05, 0.1) is 13.2 Å². The first-order valence-electron chi connectivity index (χ1n) is 8.63. The average Bonchev–Trinajstić information content (AvgIpc) is 2.99. The molecule has 1 aliphatic carbocycles. The molecule has 0 saturated carbocycles. The molecular formula is C20H23NO4. The maximum Gasteiger partial charge on any atom is 0.323 e. The first-order valence-corrected chi connectivity index (χ1v) is 8.63. The Morgan fingerprint density at radius 1 is 1.24 bits per heavy atom. The van der Waals surface area contributed by atoms with Gasteiger partial charge in [0.1, 0.15) is 0 Å². The molecule has 1 heterocycles. The Morgan fingerprint density at radius 3 is 2.48 bits per heavy atom. The SMILES string of the molecule is C=CC1CC(C(=O)OCC)(C(=O)OCC)Cc2c1[nH]c1ccccc21. The number of benzene rings is 1. The highest BCUT2D eigenvalue weighted by Crippen LogP contribution is 2.46. The summed E-state index contributed by atoms with van der Waals surface area (Å²) in [5.74, 6) is -1.18. The minimum Gasteiger partial charge on any atom is -0.465 e. The van der Waals surface area contributed by atoms with E-state index in [1.165, 1.54) is 0 Å². The Labute approximate surface area is 147 Å². The molecule has 3 rings (SSSR count). The molecule has 5 heteroatoms. The molecule has 0 bridgehead atoms. The topological polar surface area (TPSA) is 68.4 Å². The summed E-state index contributed by atoms with van der Waals surface area (Å²) in [4.78, 5) is 29.0. The van der Waals surface area contributed by atoms with Crippen molar-refractivity contribution < 1.29 is 19.1 Å². The van der Waals surface area contributed by atoms with E-state index in [0.29, 0.717) is 6.42 Å². The van der Waals surface area contributed by atoms with Gasteiger partial charge >= 0.3 is 11.9 Å². The van der Waals surface area contributed by atoms with Crippen LogP contribution in [-0.2, 0) is 25.5 Å². The van der Waals surface area contributed by atoms with Gasteiger partial charge in [-0.1, -0.05) is 24.3 Å². The molecule has 1 atom stereocenters. The Morgan fingerprint density at radius 2 is 1.88 bits per heavy atom. The second-order valence-corrected chi connectivity index (χ2v) is 6.31.